The largest absolute Gasteiger partial charge is 0.486 e. The minimum atomic E-state index is -0.858. The number of amides is 7. The predicted molar refractivity (Wildman–Crippen MR) is 278 cm³/mol. The second-order valence-electron chi connectivity index (χ2n) is 19.5. The number of ketones is 1. The van der Waals surface area contributed by atoms with Crippen molar-refractivity contribution in [3.8, 4) is 17.4 Å². The quantitative estimate of drug-likeness (QED) is 0.0417. The predicted octanol–water partition coefficient (Wildman–Crippen LogP) is 5.98. The Bertz CT molecular complexity index is 2730. The van der Waals surface area contributed by atoms with E-state index >= 15 is 4.39 Å². The first kappa shape index (κ1) is 56.1. The van der Waals surface area contributed by atoms with Gasteiger partial charge in [-0.3, -0.25) is 38.8 Å². The number of nitrogens with one attached hydrogen (secondary N) is 3. The van der Waals surface area contributed by atoms with Crippen molar-refractivity contribution in [2.45, 2.75) is 103 Å². The van der Waals surface area contributed by atoms with Crippen LogP contribution in [0.15, 0.2) is 72.9 Å². The molecule has 0 unspecified atom stereocenters. The average Bonchev–Trinajstić information content (AvgIpc) is 3.74. The molecule has 3 aliphatic rings. The lowest BCUT2D eigenvalue weighted by molar-refractivity contribution is -0.137. The van der Waals surface area contributed by atoms with Gasteiger partial charge in [0.2, 0.25) is 17.7 Å². The third kappa shape index (κ3) is 15.7. The summed E-state index contributed by atoms with van der Waals surface area (Å²) in [6.45, 7) is 6.86. The second-order valence-corrected chi connectivity index (χ2v) is 19.5. The molecule has 3 aliphatic heterocycles. The molecule has 5 heterocycles. The summed E-state index contributed by atoms with van der Waals surface area (Å²) in [5, 5.41) is 9.08. The Hall–Kier alpha value is -7.68. The summed E-state index contributed by atoms with van der Waals surface area (Å²) < 4.78 is 37.9. The Labute approximate surface area is 441 Å². The smallest absolute Gasteiger partial charge is 0.410 e. The number of aromatic nitrogens is 2. The number of pyridine rings is 2. The highest BCUT2D eigenvalue weighted by molar-refractivity contribution is 6.12. The van der Waals surface area contributed by atoms with E-state index in [1.807, 2.05) is 6.07 Å². The van der Waals surface area contributed by atoms with Crippen molar-refractivity contribution in [1.82, 2.24) is 35.3 Å². The molecule has 2 atom stereocenters. The average molecular weight is 1050 g/mol. The summed E-state index contributed by atoms with van der Waals surface area (Å²) in [4.78, 5) is 104. The summed E-state index contributed by atoms with van der Waals surface area (Å²) in [6, 6.07) is 13.6. The number of halogens is 1. The summed E-state index contributed by atoms with van der Waals surface area (Å²) in [6.07, 6.45) is 7.39. The first-order chi connectivity index (χ1) is 36.6. The van der Waals surface area contributed by atoms with Crippen LogP contribution in [0.2, 0.25) is 0 Å². The maximum atomic E-state index is 15.2. The number of carbonyl (C=O) groups excluding carboxylic acids is 7. The number of carbonyl (C=O) groups is 7. The van der Waals surface area contributed by atoms with Gasteiger partial charge in [0.25, 0.3) is 11.8 Å². The van der Waals surface area contributed by atoms with Gasteiger partial charge >= 0.3 is 12.1 Å². The summed E-state index contributed by atoms with van der Waals surface area (Å²) in [5.41, 5.74) is 8.05. The van der Waals surface area contributed by atoms with E-state index in [0.717, 1.165) is 10.3 Å². The molecule has 0 bridgehead atoms. The first-order valence-electron chi connectivity index (χ1n) is 26.0. The van der Waals surface area contributed by atoms with Gasteiger partial charge in [0.05, 0.1) is 37.1 Å². The third-order valence-electron chi connectivity index (χ3n) is 13.8. The number of rotatable bonds is 26. The molecule has 0 saturated carbocycles. The van der Waals surface area contributed by atoms with Crippen LogP contribution in [0.25, 0.3) is 10.9 Å². The number of unbranched alkanes of at least 4 members (excludes halogenated alkanes) is 2. The van der Waals surface area contributed by atoms with E-state index in [9.17, 15) is 33.6 Å². The maximum absolute atomic E-state index is 15.2. The van der Waals surface area contributed by atoms with Crippen LogP contribution >= 0.6 is 0 Å². The maximum Gasteiger partial charge on any atom is 0.410 e. The number of piperidine rings is 1. The molecule has 76 heavy (non-hydrogen) atoms. The molecule has 1 fully saturated rings. The number of benzene rings is 2. The number of primary amides is 1. The van der Waals surface area contributed by atoms with Gasteiger partial charge in [-0.1, -0.05) is 32.4 Å². The van der Waals surface area contributed by atoms with Crippen molar-refractivity contribution in [2.24, 2.45) is 17.6 Å². The van der Waals surface area contributed by atoms with E-state index in [-0.39, 0.29) is 86.8 Å². The van der Waals surface area contributed by atoms with Crippen molar-refractivity contribution < 1.29 is 56.9 Å². The topological polar surface area (TPSA) is 254 Å². The van der Waals surface area contributed by atoms with Crippen LogP contribution in [0.4, 0.5) is 19.7 Å². The number of likely N-dealkylation sites (tertiary alicyclic amines) is 1. The SMILES string of the molecule is COc1ccc2ccc(F)c(CCN3CCC(N(Cc4cc5c(cn4)OCCO5)C(=O)OCc4ccc(NC(=O)[C@H](CCCNC(N)=O)CC(=O)[C@@H](NC(=O)CCCCCN5C(=O)C=CC5=O)C(C)C)cc4)CC3)c2n1. The molecule has 7 rings (SSSR count). The van der Waals surface area contributed by atoms with Gasteiger partial charge in [0.15, 0.2) is 17.3 Å². The van der Waals surface area contributed by atoms with E-state index in [2.05, 4.69) is 30.8 Å². The second kappa shape index (κ2) is 27.2. The minimum Gasteiger partial charge on any atom is -0.486 e. The Morgan fingerprint density at radius 3 is 2.34 bits per heavy atom. The van der Waals surface area contributed by atoms with Crippen molar-refractivity contribution >= 4 is 58.1 Å². The van der Waals surface area contributed by atoms with Crippen LogP contribution in [0.1, 0.15) is 88.5 Å². The van der Waals surface area contributed by atoms with E-state index < -0.39 is 30.0 Å². The highest BCUT2D eigenvalue weighted by Gasteiger charge is 2.32. The molecule has 21 heteroatoms. The fraction of sp³-hybridized carbons (Fsp3) is 0.473. The van der Waals surface area contributed by atoms with Gasteiger partial charge in [-0.25, -0.2) is 19.0 Å². The molecule has 5 N–H and O–H groups in total. The van der Waals surface area contributed by atoms with Crippen molar-refractivity contribution in [3.63, 3.8) is 0 Å². The van der Waals surface area contributed by atoms with E-state index in [1.165, 1.54) is 25.3 Å². The molecule has 406 valence electrons. The highest BCUT2D eigenvalue weighted by Crippen LogP contribution is 2.31. The molecule has 0 spiro atoms. The monoisotopic (exact) mass is 1050 g/mol. The summed E-state index contributed by atoms with van der Waals surface area (Å²) >= 11 is 0. The van der Waals surface area contributed by atoms with Crippen LogP contribution in [0.5, 0.6) is 17.4 Å². The fourth-order valence-electron chi connectivity index (χ4n) is 9.53. The van der Waals surface area contributed by atoms with Crippen molar-refractivity contribution in [2.75, 3.05) is 58.4 Å². The minimum absolute atomic E-state index is 0.0724. The van der Waals surface area contributed by atoms with Crippen LogP contribution in [-0.4, -0.2) is 131 Å². The van der Waals surface area contributed by atoms with Gasteiger partial charge in [0.1, 0.15) is 25.6 Å². The number of ether oxygens (including phenoxy) is 4. The molecule has 1 saturated heterocycles. The number of hydrogen-bond acceptors (Lipinski definition) is 14. The Morgan fingerprint density at radius 2 is 1.63 bits per heavy atom. The molecule has 2 aromatic carbocycles. The van der Waals surface area contributed by atoms with Gasteiger partial charge < -0.3 is 45.5 Å². The van der Waals surface area contributed by atoms with E-state index in [0.29, 0.717) is 123 Å². The zero-order valence-electron chi connectivity index (χ0n) is 43.4. The van der Waals surface area contributed by atoms with Crippen molar-refractivity contribution in [3.05, 3.63) is 95.6 Å². The molecular formula is C55H68FN9O11. The molecular weight excluding hydrogens is 982 g/mol. The molecule has 0 radical (unpaired) electrons. The van der Waals surface area contributed by atoms with E-state index in [1.54, 1.807) is 67.4 Å². The third-order valence-corrected chi connectivity index (χ3v) is 13.8. The number of Topliss-reactive ketones (excluding diaryl/α,β-unsaturated/α-hetero) is 1. The number of urea groups is 1. The molecule has 20 nitrogen and oxygen atoms in total. The van der Waals surface area contributed by atoms with Crippen LogP contribution in [0, 0.1) is 17.7 Å². The zero-order valence-corrected chi connectivity index (χ0v) is 43.4. The van der Waals surface area contributed by atoms with Gasteiger partial charge in [-0.15, -0.1) is 0 Å². The number of anilines is 1. The molecule has 4 aromatic rings. The van der Waals surface area contributed by atoms with Gasteiger partial charge in [-0.2, -0.15) is 0 Å². The Kier molecular flexibility index (Phi) is 20.1. The number of nitrogens with two attached hydrogens (primary N) is 1. The summed E-state index contributed by atoms with van der Waals surface area (Å²) in [7, 11) is 1.53. The number of fused-ring (bicyclic) bond motifs is 2. The van der Waals surface area contributed by atoms with Crippen molar-refractivity contribution in [1.29, 1.82) is 0 Å². The first-order valence-corrected chi connectivity index (χ1v) is 26.0. The highest BCUT2D eigenvalue weighted by atomic mass is 19.1. The normalized spacial score (nSPS) is 15.4. The number of imide groups is 1. The van der Waals surface area contributed by atoms with E-state index in [4.69, 9.17) is 24.7 Å². The van der Waals surface area contributed by atoms with Crippen LogP contribution < -0.4 is 35.9 Å². The van der Waals surface area contributed by atoms with Gasteiger partial charge in [0, 0.05) is 98.4 Å². The molecule has 7 amide bonds. The number of nitrogens with zero attached hydrogens (tertiary/aromatic N) is 5. The van der Waals surface area contributed by atoms with Crippen LogP contribution in [0.3, 0.4) is 0 Å². The molecule has 2 aromatic heterocycles. The fourth-order valence-corrected chi connectivity index (χ4v) is 9.53. The van der Waals surface area contributed by atoms with Gasteiger partial charge in [-0.05, 0) is 86.8 Å². The zero-order chi connectivity index (χ0) is 54.1. The number of methoxy groups -OCH3 is 1. The Balaban J connectivity index is 0.936. The lowest BCUT2D eigenvalue weighted by Crippen LogP contribution is -2.47. The standard InChI is InChI=1S/C55H68FN9O11/c1-35(2)51(61-47(67)9-5-4-6-24-64-49(68)18-19-50(64)69)44(66)30-38(8-7-23-58-54(57)71)53(70)60-39-14-10-36(11-15-39)34-76-55(72)65(33-40-31-45-46(32-59-40)75-29-28-74-45)41-20-25-63(26-21-41)27-22-42-43(56)16-12-37-13-17-48(73-3)62-52(37)42/h10-19,31-32,35,38,41,51H,4-9,20-30,33-34H2,1-3H3,(H,60,70)(H,61,67)(H3,57,58,71)/t38-,51+/m1/s1. The lowest BCUT2D eigenvalue weighted by atomic mass is 9.89. The lowest BCUT2D eigenvalue weighted by Gasteiger charge is -2.38. The van der Waals surface area contributed by atoms with Crippen LogP contribution in [-0.2, 0) is 48.3 Å². The summed E-state index contributed by atoms with van der Waals surface area (Å²) in [5.74, 6) is -1.70. The number of hydrogen-bond donors (Lipinski definition) is 4. The molecule has 0 aliphatic carbocycles. The Morgan fingerprint density at radius 1 is 0.908 bits per heavy atom.